The second-order valence-electron chi connectivity index (χ2n) is 6.66. The molecular weight excluding hydrogens is 266 g/mol. The van der Waals surface area contributed by atoms with Crippen molar-refractivity contribution in [3.63, 3.8) is 0 Å². The second kappa shape index (κ2) is 5.73. The summed E-state index contributed by atoms with van der Waals surface area (Å²) in [4.78, 5) is 0. The van der Waals surface area contributed by atoms with Crippen molar-refractivity contribution in [1.82, 2.24) is 0 Å². The Hall–Kier alpha value is -1.86. The minimum Gasteiger partial charge on any atom is -0.324 e. The highest BCUT2D eigenvalue weighted by Gasteiger charge is 2.23. The van der Waals surface area contributed by atoms with Gasteiger partial charge >= 0.3 is 0 Å². The van der Waals surface area contributed by atoms with Gasteiger partial charge in [-0.15, -0.1) is 0 Å². The van der Waals surface area contributed by atoms with Crippen molar-refractivity contribution in [3.05, 3.63) is 60.2 Å². The van der Waals surface area contributed by atoms with Gasteiger partial charge in [0, 0.05) is 6.04 Å². The molecule has 0 radical (unpaired) electrons. The van der Waals surface area contributed by atoms with Crippen molar-refractivity contribution in [2.45, 2.75) is 38.1 Å². The normalized spacial score (nSPS) is 17.9. The molecule has 0 saturated heterocycles. The van der Waals surface area contributed by atoms with Crippen LogP contribution in [0.3, 0.4) is 0 Å². The van der Waals surface area contributed by atoms with Crippen molar-refractivity contribution >= 4 is 21.5 Å². The Labute approximate surface area is 132 Å². The van der Waals surface area contributed by atoms with Crippen LogP contribution >= 0.6 is 0 Å². The van der Waals surface area contributed by atoms with Gasteiger partial charge < -0.3 is 5.73 Å². The molecule has 0 heterocycles. The highest BCUT2D eigenvalue weighted by molar-refractivity contribution is 6.09. The molecule has 1 saturated carbocycles. The van der Waals surface area contributed by atoms with Crippen LogP contribution in [0.2, 0.25) is 0 Å². The number of hydrogen-bond acceptors (Lipinski definition) is 1. The average Bonchev–Trinajstić information content (AvgIpc) is 2.61. The van der Waals surface area contributed by atoms with Gasteiger partial charge in [-0.2, -0.15) is 0 Å². The molecule has 3 aromatic rings. The summed E-state index contributed by atoms with van der Waals surface area (Å²) >= 11 is 0. The molecule has 1 atom stereocenters. The fourth-order valence-electron chi connectivity index (χ4n) is 4.11. The first-order valence-electron chi connectivity index (χ1n) is 8.50. The van der Waals surface area contributed by atoms with Gasteiger partial charge in [-0.1, -0.05) is 67.8 Å². The highest BCUT2D eigenvalue weighted by Crippen LogP contribution is 2.38. The third kappa shape index (κ3) is 2.30. The zero-order chi connectivity index (χ0) is 14.9. The Morgan fingerprint density at radius 3 is 2.18 bits per heavy atom. The molecule has 22 heavy (non-hydrogen) atoms. The van der Waals surface area contributed by atoms with E-state index in [0.29, 0.717) is 5.92 Å². The lowest BCUT2D eigenvalue weighted by Crippen LogP contribution is -2.23. The molecule has 0 aromatic heterocycles. The number of hydrogen-bond donors (Lipinski definition) is 1. The Balaban J connectivity index is 1.91. The molecule has 2 N–H and O–H groups in total. The summed E-state index contributed by atoms with van der Waals surface area (Å²) in [5, 5.41) is 5.31. The fraction of sp³-hybridized carbons (Fsp3) is 0.333. The predicted molar refractivity (Wildman–Crippen MR) is 95.0 cm³/mol. The summed E-state index contributed by atoms with van der Waals surface area (Å²) in [6, 6.07) is 19.9. The van der Waals surface area contributed by atoms with E-state index < -0.39 is 0 Å². The molecule has 1 fully saturated rings. The van der Waals surface area contributed by atoms with Crippen LogP contribution in [0.5, 0.6) is 0 Å². The van der Waals surface area contributed by atoms with Crippen LogP contribution in [0.15, 0.2) is 54.6 Å². The molecule has 1 aliphatic carbocycles. The lowest BCUT2D eigenvalue weighted by Gasteiger charge is -2.29. The first kappa shape index (κ1) is 13.8. The molecule has 1 heteroatoms. The summed E-state index contributed by atoms with van der Waals surface area (Å²) in [5.74, 6) is 0.637. The van der Waals surface area contributed by atoms with Crippen LogP contribution in [0, 0.1) is 5.92 Å². The SMILES string of the molecule is N[C@H](c1cc2ccccc2c2ccccc12)C1CCCCC1. The van der Waals surface area contributed by atoms with Gasteiger partial charge in [0.15, 0.2) is 0 Å². The molecule has 0 spiro atoms. The molecule has 4 rings (SSSR count). The van der Waals surface area contributed by atoms with E-state index >= 15 is 0 Å². The molecule has 0 bridgehead atoms. The van der Waals surface area contributed by atoms with Crippen molar-refractivity contribution in [2.24, 2.45) is 11.7 Å². The van der Waals surface area contributed by atoms with Crippen LogP contribution in [0.4, 0.5) is 0 Å². The number of nitrogens with two attached hydrogens (primary N) is 1. The smallest absolute Gasteiger partial charge is 0.0329 e. The van der Waals surface area contributed by atoms with Gasteiger partial charge in [0.05, 0.1) is 0 Å². The minimum atomic E-state index is 0.162. The van der Waals surface area contributed by atoms with E-state index in [0.717, 1.165) is 0 Å². The maximum atomic E-state index is 6.73. The third-order valence-corrected chi connectivity index (χ3v) is 5.32. The van der Waals surface area contributed by atoms with Gasteiger partial charge in [-0.05, 0) is 51.9 Å². The molecule has 112 valence electrons. The lowest BCUT2D eigenvalue weighted by atomic mass is 9.80. The second-order valence-corrected chi connectivity index (χ2v) is 6.66. The van der Waals surface area contributed by atoms with E-state index in [4.69, 9.17) is 5.73 Å². The van der Waals surface area contributed by atoms with Crippen molar-refractivity contribution in [2.75, 3.05) is 0 Å². The van der Waals surface area contributed by atoms with E-state index in [9.17, 15) is 0 Å². The predicted octanol–water partition coefficient (Wildman–Crippen LogP) is 5.57. The maximum absolute atomic E-state index is 6.73. The summed E-state index contributed by atoms with van der Waals surface area (Å²) < 4.78 is 0. The summed E-state index contributed by atoms with van der Waals surface area (Å²) in [5.41, 5.74) is 8.06. The minimum absolute atomic E-state index is 0.162. The maximum Gasteiger partial charge on any atom is 0.0329 e. The number of benzene rings is 3. The molecule has 0 unspecified atom stereocenters. The molecule has 0 aliphatic heterocycles. The van der Waals surface area contributed by atoms with Crippen molar-refractivity contribution < 1.29 is 0 Å². The molecular formula is C21H23N. The monoisotopic (exact) mass is 289 g/mol. The van der Waals surface area contributed by atoms with E-state index in [1.807, 2.05) is 0 Å². The average molecular weight is 289 g/mol. The van der Waals surface area contributed by atoms with Crippen LogP contribution in [-0.2, 0) is 0 Å². The van der Waals surface area contributed by atoms with Crippen LogP contribution < -0.4 is 5.73 Å². The summed E-state index contributed by atoms with van der Waals surface area (Å²) in [6.45, 7) is 0. The van der Waals surface area contributed by atoms with Gasteiger partial charge in [0.25, 0.3) is 0 Å². The van der Waals surface area contributed by atoms with Crippen LogP contribution in [0.25, 0.3) is 21.5 Å². The first-order chi connectivity index (χ1) is 10.8. The Bertz CT molecular complexity index is 799. The van der Waals surface area contributed by atoms with Crippen LogP contribution in [-0.4, -0.2) is 0 Å². The largest absolute Gasteiger partial charge is 0.324 e. The van der Waals surface area contributed by atoms with Crippen molar-refractivity contribution in [1.29, 1.82) is 0 Å². The van der Waals surface area contributed by atoms with Gasteiger partial charge in [-0.25, -0.2) is 0 Å². The molecule has 1 aliphatic rings. The topological polar surface area (TPSA) is 26.0 Å². The number of rotatable bonds is 2. The molecule has 1 nitrogen and oxygen atoms in total. The molecule has 3 aromatic carbocycles. The van der Waals surface area contributed by atoms with Gasteiger partial charge in [0.1, 0.15) is 0 Å². The van der Waals surface area contributed by atoms with Gasteiger partial charge in [-0.3, -0.25) is 0 Å². The quantitative estimate of drug-likeness (QED) is 0.613. The third-order valence-electron chi connectivity index (χ3n) is 5.32. The van der Waals surface area contributed by atoms with Crippen LogP contribution in [0.1, 0.15) is 43.7 Å². The zero-order valence-electron chi connectivity index (χ0n) is 13.0. The standard InChI is InChI=1S/C21H23N/c22-21(15-8-2-1-3-9-15)20-14-16-10-4-5-11-17(16)18-12-6-7-13-19(18)20/h4-7,10-15,21H,1-3,8-9,22H2/t21-/m0/s1. The van der Waals surface area contributed by atoms with E-state index in [1.165, 1.54) is 59.2 Å². The van der Waals surface area contributed by atoms with Gasteiger partial charge in [0.2, 0.25) is 0 Å². The summed E-state index contributed by atoms with van der Waals surface area (Å²) in [6.07, 6.45) is 6.61. The van der Waals surface area contributed by atoms with E-state index in [1.54, 1.807) is 0 Å². The van der Waals surface area contributed by atoms with E-state index in [2.05, 4.69) is 54.6 Å². The number of fused-ring (bicyclic) bond motifs is 3. The molecule has 0 amide bonds. The first-order valence-corrected chi connectivity index (χ1v) is 8.50. The van der Waals surface area contributed by atoms with E-state index in [-0.39, 0.29) is 6.04 Å². The zero-order valence-corrected chi connectivity index (χ0v) is 13.0. The fourth-order valence-corrected chi connectivity index (χ4v) is 4.11. The Morgan fingerprint density at radius 2 is 1.41 bits per heavy atom. The highest BCUT2D eigenvalue weighted by atomic mass is 14.7. The Morgan fingerprint density at radius 1 is 0.773 bits per heavy atom. The van der Waals surface area contributed by atoms with Crippen molar-refractivity contribution in [3.8, 4) is 0 Å². The summed E-state index contributed by atoms with van der Waals surface area (Å²) in [7, 11) is 0. The lowest BCUT2D eigenvalue weighted by molar-refractivity contribution is 0.309. The Kier molecular flexibility index (Phi) is 3.59.